The lowest BCUT2D eigenvalue weighted by atomic mass is 9.88. The summed E-state index contributed by atoms with van der Waals surface area (Å²) >= 11 is 3.63. The number of carbonyl (C=O) groups excluding carboxylic acids is 1. The number of nitrogens with one attached hydrogen (secondary N) is 1. The molecule has 1 amide bonds. The van der Waals surface area contributed by atoms with E-state index in [1.54, 1.807) is 0 Å². The van der Waals surface area contributed by atoms with Crippen LogP contribution in [0.1, 0.15) is 49.7 Å². The molecule has 0 radical (unpaired) electrons. The Morgan fingerprint density at radius 1 is 0.968 bits per heavy atom. The second-order valence-electron chi connectivity index (χ2n) is 8.94. The lowest BCUT2D eigenvalue weighted by Crippen LogP contribution is -2.41. The molecule has 5 heteroatoms. The summed E-state index contributed by atoms with van der Waals surface area (Å²) in [6.45, 7) is 5.28. The van der Waals surface area contributed by atoms with Gasteiger partial charge in [0.2, 0.25) is 5.91 Å². The van der Waals surface area contributed by atoms with Crippen LogP contribution in [0, 0.1) is 5.92 Å². The van der Waals surface area contributed by atoms with E-state index in [0.717, 1.165) is 62.1 Å². The number of anilines is 1. The van der Waals surface area contributed by atoms with Gasteiger partial charge >= 0.3 is 0 Å². The predicted octanol–water partition coefficient (Wildman–Crippen LogP) is 5.68. The summed E-state index contributed by atoms with van der Waals surface area (Å²) in [6, 6.07) is 17.1. The number of carbonyl (C=O) groups is 1. The summed E-state index contributed by atoms with van der Waals surface area (Å²) in [5, 5.41) is 3.63. The molecule has 1 fully saturated rings. The molecule has 0 unspecified atom stereocenters. The molecule has 166 valence electrons. The maximum atomic E-state index is 13.5. The Balaban J connectivity index is 1.54. The highest BCUT2D eigenvalue weighted by molar-refractivity contribution is 9.10. The van der Waals surface area contributed by atoms with Gasteiger partial charge in [-0.2, -0.15) is 0 Å². The number of halogens is 1. The monoisotopic (exact) mass is 483 g/mol. The molecule has 2 aromatic rings. The molecule has 2 aromatic carbocycles. The standard InChI is InChI=1S/C26H34BrN3O/c27-24-12-13-25-23(18-24)20-30(26(31)22-10-5-2-6-11-22)17-16-29(15-7-14-28-25)19-21-8-3-1-4-9-21/h1,3-4,8-9,12-13,18,22,28H,2,5-7,10-11,14-17,19-20H2. The molecular formula is C26H34BrN3O. The van der Waals surface area contributed by atoms with E-state index in [1.165, 1.54) is 30.4 Å². The first-order valence-corrected chi connectivity index (χ1v) is 12.6. The van der Waals surface area contributed by atoms with Crippen molar-refractivity contribution in [2.45, 2.75) is 51.6 Å². The van der Waals surface area contributed by atoms with Crippen molar-refractivity contribution in [1.82, 2.24) is 9.80 Å². The summed E-state index contributed by atoms with van der Waals surface area (Å²) in [5.41, 5.74) is 3.69. The van der Waals surface area contributed by atoms with E-state index < -0.39 is 0 Å². The zero-order valence-corrected chi connectivity index (χ0v) is 19.9. The second kappa shape index (κ2) is 11.1. The van der Waals surface area contributed by atoms with E-state index in [9.17, 15) is 4.79 Å². The van der Waals surface area contributed by atoms with Crippen LogP contribution in [-0.4, -0.2) is 41.9 Å². The topological polar surface area (TPSA) is 35.6 Å². The van der Waals surface area contributed by atoms with Crippen LogP contribution in [0.15, 0.2) is 53.0 Å². The molecule has 0 spiro atoms. The van der Waals surface area contributed by atoms with Gasteiger partial charge in [0.1, 0.15) is 0 Å². The van der Waals surface area contributed by atoms with Gasteiger partial charge in [-0.25, -0.2) is 0 Å². The molecule has 4 nitrogen and oxygen atoms in total. The smallest absolute Gasteiger partial charge is 0.226 e. The van der Waals surface area contributed by atoms with E-state index in [1.807, 2.05) is 0 Å². The van der Waals surface area contributed by atoms with E-state index >= 15 is 0 Å². The normalized spacial score (nSPS) is 19.2. The third kappa shape index (κ3) is 6.33. The van der Waals surface area contributed by atoms with Crippen LogP contribution in [0.2, 0.25) is 0 Å². The average Bonchev–Trinajstić information content (AvgIpc) is 2.84. The number of benzene rings is 2. The van der Waals surface area contributed by atoms with Gasteiger partial charge < -0.3 is 10.2 Å². The number of nitrogens with zero attached hydrogens (tertiary/aromatic N) is 2. The highest BCUT2D eigenvalue weighted by atomic mass is 79.9. The van der Waals surface area contributed by atoms with Crippen LogP contribution in [-0.2, 0) is 17.9 Å². The lowest BCUT2D eigenvalue weighted by molar-refractivity contribution is -0.137. The molecule has 0 aromatic heterocycles. The Morgan fingerprint density at radius 3 is 2.58 bits per heavy atom. The Kier molecular flexibility index (Phi) is 8.03. The molecule has 1 heterocycles. The average molecular weight is 484 g/mol. The third-order valence-corrected chi connectivity index (χ3v) is 7.09. The number of fused-ring (bicyclic) bond motifs is 1. The fourth-order valence-corrected chi connectivity index (χ4v) is 5.25. The summed E-state index contributed by atoms with van der Waals surface area (Å²) in [4.78, 5) is 18.2. The summed E-state index contributed by atoms with van der Waals surface area (Å²) in [6.07, 6.45) is 6.83. The predicted molar refractivity (Wildman–Crippen MR) is 131 cm³/mol. The van der Waals surface area contributed by atoms with Gasteiger partial charge in [-0.05, 0) is 48.6 Å². The highest BCUT2D eigenvalue weighted by Crippen LogP contribution is 2.28. The number of amides is 1. The Bertz CT molecular complexity index is 851. The van der Waals surface area contributed by atoms with Gasteiger partial charge in [-0.15, -0.1) is 0 Å². The van der Waals surface area contributed by atoms with Crippen LogP contribution in [0.3, 0.4) is 0 Å². The van der Waals surface area contributed by atoms with E-state index in [0.29, 0.717) is 12.5 Å². The van der Waals surface area contributed by atoms with E-state index in [4.69, 9.17) is 0 Å². The summed E-state index contributed by atoms with van der Waals surface area (Å²) < 4.78 is 1.07. The molecule has 1 saturated carbocycles. The van der Waals surface area contributed by atoms with Gasteiger partial charge in [0.15, 0.2) is 0 Å². The zero-order valence-electron chi connectivity index (χ0n) is 18.4. The van der Waals surface area contributed by atoms with Crippen molar-refractivity contribution in [2.24, 2.45) is 5.92 Å². The van der Waals surface area contributed by atoms with Crippen LogP contribution in [0.4, 0.5) is 5.69 Å². The zero-order chi connectivity index (χ0) is 21.5. The molecule has 0 atom stereocenters. The van der Waals surface area contributed by atoms with Crippen molar-refractivity contribution in [1.29, 1.82) is 0 Å². The Morgan fingerprint density at radius 2 is 1.77 bits per heavy atom. The first-order chi connectivity index (χ1) is 15.2. The maximum absolute atomic E-state index is 13.5. The van der Waals surface area contributed by atoms with Gasteiger partial charge in [-0.3, -0.25) is 9.69 Å². The van der Waals surface area contributed by atoms with Crippen molar-refractivity contribution in [3.05, 3.63) is 64.1 Å². The van der Waals surface area contributed by atoms with Crippen molar-refractivity contribution < 1.29 is 4.79 Å². The van der Waals surface area contributed by atoms with Crippen molar-refractivity contribution in [2.75, 3.05) is 31.5 Å². The molecule has 1 N–H and O–H groups in total. The fraction of sp³-hybridized carbons (Fsp3) is 0.500. The van der Waals surface area contributed by atoms with E-state index in [-0.39, 0.29) is 5.92 Å². The first kappa shape index (κ1) is 22.3. The Hall–Kier alpha value is -1.85. The van der Waals surface area contributed by atoms with E-state index in [2.05, 4.69) is 79.6 Å². The molecule has 0 bridgehead atoms. The van der Waals surface area contributed by atoms with Crippen LogP contribution in [0.25, 0.3) is 0 Å². The minimum absolute atomic E-state index is 0.199. The molecule has 0 saturated heterocycles. The number of rotatable bonds is 3. The molecular weight excluding hydrogens is 450 g/mol. The quantitative estimate of drug-likeness (QED) is 0.609. The number of hydrogen-bond acceptors (Lipinski definition) is 3. The molecule has 4 rings (SSSR count). The van der Waals surface area contributed by atoms with Crippen molar-refractivity contribution in [3.63, 3.8) is 0 Å². The molecule has 1 aliphatic heterocycles. The molecule has 2 aliphatic rings. The minimum Gasteiger partial charge on any atom is -0.385 e. The van der Waals surface area contributed by atoms with Crippen LogP contribution in [0.5, 0.6) is 0 Å². The first-order valence-electron chi connectivity index (χ1n) is 11.8. The van der Waals surface area contributed by atoms with Crippen molar-refractivity contribution in [3.8, 4) is 0 Å². The maximum Gasteiger partial charge on any atom is 0.226 e. The Labute approximate surface area is 195 Å². The van der Waals surface area contributed by atoms with Gasteiger partial charge in [-0.1, -0.05) is 65.5 Å². The lowest BCUT2D eigenvalue weighted by Gasteiger charge is -2.32. The SMILES string of the molecule is O=C(C1CCCCC1)N1CCN(Cc2ccccc2)CCCNc2ccc(Br)cc2C1. The molecule has 1 aliphatic carbocycles. The summed E-state index contributed by atoms with van der Waals surface area (Å²) in [5.74, 6) is 0.551. The fourth-order valence-electron chi connectivity index (χ4n) is 4.85. The third-order valence-electron chi connectivity index (χ3n) is 6.60. The van der Waals surface area contributed by atoms with Crippen molar-refractivity contribution >= 4 is 27.5 Å². The largest absolute Gasteiger partial charge is 0.385 e. The minimum atomic E-state index is 0.199. The number of hydrogen-bond donors (Lipinski definition) is 1. The highest BCUT2D eigenvalue weighted by Gasteiger charge is 2.27. The van der Waals surface area contributed by atoms with Gasteiger partial charge in [0.25, 0.3) is 0 Å². The molecule has 31 heavy (non-hydrogen) atoms. The van der Waals surface area contributed by atoms with Gasteiger partial charge in [0, 0.05) is 55.3 Å². The van der Waals surface area contributed by atoms with Gasteiger partial charge in [0.05, 0.1) is 0 Å². The second-order valence-corrected chi connectivity index (χ2v) is 9.85. The van der Waals surface area contributed by atoms with Crippen LogP contribution < -0.4 is 5.32 Å². The van der Waals surface area contributed by atoms with Crippen LogP contribution >= 0.6 is 15.9 Å². The summed E-state index contributed by atoms with van der Waals surface area (Å²) in [7, 11) is 0.